The number of benzene rings is 8. The molecule has 0 unspecified atom stereocenters. The third-order valence-corrected chi connectivity index (χ3v) is 13.8. The number of hydrogen-bond donors (Lipinski definition) is 0. The van der Waals surface area contributed by atoms with Gasteiger partial charge in [-0.1, -0.05) is 163 Å². The molecule has 59 heavy (non-hydrogen) atoms. The molecule has 2 aliphatic heterocycles. The van der Waals surface area contributed by atoms with E-state index in [9.17, 15) is 0 Å². The second-order valence-electron chi connectivity index (χ2n) is 18.3. The maximum Gasteiger partial charge on any atom is 0.0506 e. The number of fused-ring (bicyclic) bond motifs is 8. The van der Waals surface area contributed by atoms with Gasteiger partial charge in [0.2, 0.25) is 0 Å². The lowest BCUT2D eigenvalue weighted by Gasteiger charge is -2.42. The highest BCUT2D eigenvalue weighted by Gasteiger charge is 2.42. The van der Waals surface area contributed by atoms with Crippen molar-refractivity contribution >= 4 is 57.0 Å². The van der Waals surface area contributed by atoms with E-state index in [4.69, 9.17) is 0 Å². The lowest BCUT2D eigenvalue weighted by molar-refractivity contribution is 0.627. The molecule has 0 saturated carbocycles. The van der Waals surface area contributed by atoms with Crippen LogP contribution in [0.25, 0.3) is 34.1 Å². The topological polar surface area (TPSA) is 6.48 Å². The molecule has 2 heterocycles. The Kier molecular flexibility index (Phi) is 7.63. The van der Waals surface area contributed by atoms with Crippen molar-refractivity contribution in [3.8, 4) is 11.1 Å². The first-order valence-corrected chi connectivity index (χ1v) is 21.0. The number of rotatable bonds is 4. The fourth-order valence-corrected chi connectivity index (χ4v) is 10.5. The van der Waals surface area contributed by atoms with Gasteiger partial charge in [0.15, 0.2) is 0 Å². The van der Waals surface area contributed by atoms with E-state index in [0.717, 1.165) is 0 Å². The van der Waals surface area contributed by atoms with Crippen LogP contribution in [0.2, 0.25) is 0 Å². The van der Waals surface area contributed by atoms with Gasteiger partial charge < -0.3 is 9.80 Å². The van der Waals surface area contributed by atoms with Gasteiger partial charge in [-0.15, -0.1) is 0 Å². The zero-order chi connectivity index (χ0) is 40.3. The zero-order valence-corrected chi connectivity index (χ0v) is 34.7. The van der Waals surface area contributed by atoms with Crippen LogP contribution in [0.15, 0.2) is 170 Å². The summed E-state index contributed by atoms with van der Waals surface area (Å²) in [6, 6.07) is 63.3. The van der Waals surface area contributed by atoms with E-state index < -0.39 is 0 Å². The average molecular weight is 761 g/mol. The number of para-hydroxylation sites is 3. The molecule has 0 radical (unpaired) electrons. The fourth-order valence-electron chi connectivity index (χ4n) is 10.5. The standard InChI is InChI=1S/C57H48N2/c1-55(2)46-21-13-15-23-52(46)59(42-29-28-39-16-10-11-17-40(39)34-42)53-31-27-38(33-49(53)55)25-24-37-26-30-43-44-35-50-54(36-48(44)57(5,6)47(43)32-37)58(41-18-8-7-9-19-41)51-22-14-12-20-45(51)56(50,3)4/h7-36H,1-6H3/b25-24+. The van der Waals surface area contributed by atoms with Crippen LogP contribution >= 0.6 is 0 Å². The van der Waals surface area contributed by atoms with Crippen LogP contribution in [0.1, 0.15) is 86.1 Å². The second-order valence-corrected chi connectivity index (χ2v) is 18.3. The molecule has 1 aliphatic carbocycles. The molecule has 11 rings (SSSR count). The lowest BCUT2D eigenvalue weighted by Crippen LogP contribution is -2.31. The fraction of sp³-hybridized carbons (Fsp3) is 0.158. The molecule has 0 aromatic heterocycles. The summed E-state index contributed by atoms with van der Waals surface area (Å²) in [6.07, 6.45) is 4.60. The van der Waals surface area contributed by atoms with Gasteiger partial charge in [0, 0.05) is 27.6 Å². The van der Waals surface area contributed by atoms with Gasteiger partial charge in [-0.25, -0.2) is 0 Å². The van der Waals surface area contributed by atoms with Gasteiger partial charge in [0.05, 0.1) is 22.7 Å². The van der Waals surface area contributed by atoms with Gasteiger partial charge in [-0.05, 0) is 127 Å². The molecular weight excluding hydrogens is 713 g/mol. The molecule has 0 spiro atoms. The van der Waals surface area contributed by atoms with E-state index in [1.54, 1.807) is 0 Å². The van der Waals surface area contributed by atoms with Crippen molar-refractivity contribution in [3.63, 3.8) is 0 Å². The number of anilines is 6. The molecule has 0 fully saturated rings. The Labute approximate surface area is 348 Å². The summed E-state index contributed by atoms with van der Waals surface area (Å²) in [5.41, 5.74) is 20.2. The molecule has 2 heteroatoms. The van der Waals surface area contributed by atoms with E-state index in [1.807, 2.05) is 0 Å². The summed E-state index contributed by atoms with van der Waals surface area (Å²) in [5, 5.41) is 2.50. The maximum atomic E-state index is 2.51. The molecule has 286 valence electrons. The van der Waals surface area contributed by atoms with Crippen molar-refractivity contribution in [3.05, 3.63) is 214 Å². The Morgan fingerprint density at radius 1 is 0.322 bits per heavy atom. The van der Waals surface area contributed by atoms with Gasteiger partial charge in [0.25, 0.3) is 0 Å². The highest BCUT2D eigenvalue weighted by atomic mass is 15.2. The first kappa shape index (κ1) is 35.5. The third kappa shape index (κ3) is 5.25. The van der Waals surface area contributed by atoms with Crippen LogP contribution in [-0.4, -0.2) is 0 Å². The Bertz CT molecular complexity index is 3030. The van der Waals surface area contributed by atoms with E-state index >= 15 is 0 Å². The number of hydrogen-bond acceptors (Lipinski definition) is 2. The largest absolute Gasteiger partial charge is 0.310 e. The predicted molar refractivity (Wildman–Crippen MR) is 251 cm³/mol. The Morgan fingerprint density at radius 2 is 0.831 bits per heavy atom. The van der Waals surface area contributed by atoms with Crippen LogP contribution in [0.3, 0.4) is 0 Å². The number of nitrogens with zero attached hydrogens (tertiary/aromatic N) is 2. The van der Waals surface area contributed by atoms with Crippen molar-refractivity contribution in [2.24, 2.45) is 0 Å². The van der Waals surface area contributed by atoms with E-state index in [0.29, 0.717) is 0 Å². The van der Waals surface area contributed by atoms with E-state index in [2.05, 4.69) is 233 Å². The molecule has 2 nitrogen and oxygen atoms in total. The van der Waals surface area contributed by atoms with Crippen LogP contribution in [-0.2, 0) is 16.2 Å². The highest BCUT2D eigenvalue weighted by Crippen LogP contribution is 2.58. The minimum absolute atomic E-state index is 0.153. The monoisotopic (exact) mass is 760 g/mol. The smallest absolute Gasteiger partial charge is 0.0506 e. The van der Waals surface area contributed by atoms with Crippen molar-refractivity contribution in [2.75, 3.05) is 9.80 Å². The van der Waals surface area contributed by atoms with Gasteiger partial charge in [-0.3, -0.25) is 0 Å². The Morgan fingerprint density at radius 3 is 1.53 bits per heavy atom. The summed E-state index contributed by atoms with van der Waals surface area (Å²) < 4.78 is 0. The van der Waals surface area contributed by atoms with Crippen molar-refractivity contribution in [2.45, 2.75) is 57.8 Å². The first-order chi connectivity index (χ1) is 28.5. The maximum absolute atomic E-state index is 2.51. The SMILES string of the molecule is CC1(C)c2cc(/C=C/c3ccc4c(c3)C(C)(C)c3ccccc3N4c3ccc4ccccc4c3)ccc2-c2cc3c(cc21)N(c1ccccc1)c1ccccc1C3(C)C. The van der Waals surface area contributed by atoms with E-state index in [-0.39, 0.29) is 16.2 Å². The molecule has 8 aromatic carbocycles. The van der Waals surface area contributed by atoms with Crippen LogP contribution in [0, 0.1) is 0 Å². The van der Waals surface area contributed by atoms with Gasteiger partial charge in [0.1, 0.15) is 0 Å². The molecular formula is C57H48N2. The Hall–Kier alpha value is -6.64. The minimum Gasteiger partial charge on any atom is -0.310 e. The van der Waals surface area contributed by atoms with Crippen molar-refractivity contribution < 1.29 is 0 Å². The van der Waals surface area contributed by atoms with Gasteiger partial charge >= 0.3 is 0 Å². The average Bonchev–Trinajstić information content (AvgIpc) is 3.47. The molecule has 3 aliphatic rings. The summed E-state index contributed by atoms with van der Waals surface area (Å²) in [5.74, 6) is 0. The molecule has 0 bridgehead atoms. The quantitative estimate of drug-likeness (QED) is 0.165. The first-order valence-electron chi connectivity index (χ1n) is 21.0. The Balaban J connectivity index is 0.971. The predicted octanol–water partition coefficient (Wildman–Crippen LogP) is 15.5. The summed E-state index contributed by atoms with van der Waals surface area (Å²) >= 11 is 0. The second kappa shape index (κ2) is 12.7. The minimum atomic E-state index is -0.169. The summed E-state index contributed by atoms with van der Waals surface area (Å²) in [6.45, 7) is 14.3. The van der Waals surface area contributed by atoms with Crippen molar-refractivity contribution in [1.29, 1.82) is 0 Å². The van der Waals surface area contributed by atoms with Crippen LogP contribution in [0.5, 0.6) is 0 Å². The molecule has 0 N–H and O–H groups in total. The normalized spacial score (nSPS) is 16.2. The molecule has 8 aromatic rings. The summed E-state index contributed by atoms with van der Waals surface area (Å²) in [4.78, 5) is 4.93. The zero-order valence-electron chi connectivity index (χ0n) is 34.7. The highest BCUT2D eigenvalue weighted by molar-refractivity contribution is 5.94. The van der Waals surface area contributed by atoms with Gasteiger partial charge in [-0.2, -0.15) is 0 Å². The van der Waals surface area contributed by atoms with Crippen LogP contribution < -0.4 is 9.80 Å². The van der Waals surface area contributed by atoms with Crippen LogP contribution in [0.4, 0.5) is 34.1 Å². The third-order valence-electron chi connectivity index (χ3n) is 13.8. The van der Waals surface area contributed by atoms with Crippen molar-refractivity contribution in [1.82, 2.24) is 0 Å². The van der Waals surface area contributed by atoms with E-state index in [1.165, 1.54) is 101 Å². The molecule has 0 saturated heterocycles. The molecule has 0 amide bonds. The summed E-state index contributed by atoms with van der Waals surface area (Å²) in [7, 11) is 0. The molecule has 0 atom stereocenters. The lowest BCUT2D eigenvalue weighted by atomic mass is 9.72.